The molecule has 0 unspecified atom stereocenters. The summed E-state index contributed by atoms with van der Waals surface area (Å²) in [6, 6.07) is 5.55. The molecule has 1 amide bonds. The first kappa shape index (κ1) is 16.0. The highest BCUT2D eigenvalue weighted by molar-refractivity contribution is 9.10. The standard InChI is InChI=1S/C15H15BrClNO3/c1-8-2-5-13(12(16)6-8)18-14(19)11-7-9(17)3-4-10(11)15(20)21/h2-3,5-6,10-11H,4,7H2,1H3,(H,18,19)(H,20,21)/t10-,11+/m0/s1. The second kappa shape index (κ2) is 6.62. The number of rotatable bonds is 3. The van der Waals surface area contributed by atoms with E-state index in [0.717, 1.165) is 10.0 Å². The van der Waals surface area contributed by atoms with E-state index in [1.807, 2.05) is 19.1 Å². The van der Waals surface area contributed by atoms with Crippen LogP contribution in [-0.4, -0.2) is 17.0 Å². The zero-order chi connectivity index (χ0) is 15.6. The molecular weight excluding hydrogens is 358 g/mol. The minimum absolute atomic E-state index is 0.258. The number of carboxylic acids is 1. The second-order valence-corrected chi connectivity index (χ2v) is 6.45. The fourth-order valence-corrected chi connectivity index (χ4v) is 3.20. The normalized spacial score (nSPS) is 21.6. The fraction of sp³-hybridized carbons (Fsp3) is 0.333. The predicted octanol–water partition coefficient (Wildman–Crippen LogP) is 3.93. The van der Waals surface area contributed by atoms with Gasteiger partial charge >= 0.3 is 5.97 Å². The van der Waals surface area contributed by atoms with Gasteiger partial charge in [0.05, 0.1) is 17.5 Å². The first-order valence-corrected chi connectivity index (χ1v) is 7.70. The van der Waals surface area contributed by atoms with Crippen LogP contribution in [0.1, 0.15) is 18.4 Å². The van der Waals surface area contributed by atoms with E-state index in [0.29, 0.717) is 10.7 Å². The second-order valence-electron chi connectivity index (χ2n) is 5.11. The summed E-state index contributed by atoms with van der Waals surface area (Å²) in [6.45, 7) is 1.95. The Kier molecular flexibility index (Phi) is 5.06. The lowest BCUT2D eigenvalue weighted by Crippen LogP contribution is -2.35. The lowest BCUT2D eigenvalue weighted by molar-refractivity contribution is -0.146. The van der Waals surface area contributed by atoms with Crippen molar-refractivity contribution in [3.05, 3.63) is 39.3 Å². The third-order valence-electron chi connectivity index (χ3n) is 3.53. The largest absolute Gasteiger partial charge is 0.481 e. The Balaban J connectivity index is 2.18. The Morgan fingerprint density at radius 2 is 2.10 bits per heavy atom. The summed E-state index contributed by atoms with van der Waals surface area (Å²) in [7, 11) is 0. The number of halogens is 2. The summed E-state index contributed by atoms with van der Waals surface area (Å²) >= 11 is 9.35. The highest BCUT2D eigenvalue weighted by Crippen LogP contribution is 2.33. The van der Waals surface area contributed by atoms with Gasteiger partial charge in [-0.1, -0.05) is 23.7 Å². The number of aryl methyl sites for hydroxylation is 1. The predicted molar refractivity (Wildman–Crippen MR) is 85.3 cm³/mol. The molecule has 1 aliphatic rings. The minimum Gasteiger partial charge on any atom is -0.481 e. The fourth-order valence-electron chi connectivity index (χ4n) is 2.35. The van der Waals surface area contributed by atoms with Crippen molar-refractivity contribution in [2.45, 2.75) is 19.8 Å². The molecule has 2 N–H and O–H groups in total. The van der Waals surface area contributed by atoms with Crippen molar-refractivity contribution in [2.75, 3.05) is 5.32 Å². The van der Waals surface area contributed by atoms with Crippen molar-refractivity contribution < 1.29 is 14.7 Å². The summed E-state index contributed by atoms with van der Waals surface area (Å²) in [5, 5.41) is 12.6. The summed E-state index contributed by atoms with van der Waals surface area (Å²) in [5.41, 5.74) is 1.69. The van der Waals surface area contributed by atoms with Crippen LogP contribution in [0.25, 0.3) is 0 Å². The van der Waals surface area contributed by atoms with Gasteiger partial charge in [-0.3, -0.25) is 9.59 Å². The molecule has 0 aromatic heterocycles. The van der Waals surface area contributed by atoms with Crippen LogP contribution in [0.3, 0.4) is 0 Å². The molecule has 1 aromatic rings. The van der Waals surface area contributed by atoms with Crippen molar-refractivity contribution in [1.82, 2.24) is 0 Å². The van der Waals surface area contributed by atoms with E-state index in [-0.39, 0.29) is 18.7 Å². The number of aliphatic carboxylic acids is 1. The van der Waals surface area contributed by atoms with E-state index in [1.165, 1.54) is 0 Å². The third kappa shape index (κ3) is 3.86. The van der Waals surface area contributed by atoms with Crippen LogP contribution in [0, 0.1) is 18.8 Å². The first-order valence-electron chi connectivity index (χ1n) is 6.53. The molecule has 2 rings (SSSR count). The van der Waals surface area contributed by atoms with Crippen LogP contribution < -0.4 is 5.32 Å². The molecule has 112 valence electrons. The van der Waals surface area contributed by atoms with E-state index < -0.39 is 17.8 Å². The number of allylic oxidation sites excluding steroid dienone is 2. The third-order valence-corrected chi connectivity index (χ3v) is 4.50. The molecular formula is C15H15BrClNO3. The topological polar surface area (TPSA) is 66.4 Å². The van der Waals surface area contributed by atoms with E-state index in [9.17, 15) is 14.7 Å². The Hall–Kier alpha value is -1.33. The van der Waals surface area contributed by atoms with Gasteiger partial charge < -0.3 is 10.4 Å². The molecule has 6 heteroatoms. The van der Waals surface area contributed by atoms with Gasteiger partial charge in [-0.25, -0.2) is 0 Å². The first-order chi connectivity index (χ1) is 9.88. The molecule has 0 spiro atoms. The van der Waals surface area contributed by atoms with Crippen LogP contribution in [0.2, 0.25) is 0 Å². The number of nitrogens with one attached hydrogen (secondary N) is 1. The number of carboxylic acid groups (broad SMARTS) is 1. The summed E-state index contributed by atoms with van der Waals surface area (Å²) < 4.78 is 0.764. The number of benzene rings is 1. The highest BCUT2D eigenvalue weighted by Gasteiger charge is 2.36. The number of carbonyl (C=O) groups is 2. The van der Waals surface area contributed by atoms with Gasteiger partial charge in [-0.05, 0) is 53.4 Å². The molecule has 0 aliphatic heterocycles. The Morgan fingerprint density at radius 1 is 1.38 bits per heavy atom. The van der Waals surface area contributed by atoms with Crippen molar-refractivity contribution in [3.63, 3.8) is 0 Å². The number of hydrogen-bond acceptors (Lipinski definition) is 2. The zero-order valence-corrected chi connectivity index (χ0v) is 13.7. The minimum atomic E-state index is -0.974. The maximum Gasteiger partial charge on any atom is 0.307 e. The van der Waals surface area contributed by atoms with Crippen LogP contribution >= 0.6 is 27.5 Å². The molecule has 0 saturated carbocycles. The summed E-state index contributed by atoms with van der Waals surface area (Å²) in [5.74, 6) is -2.69. The summed E-state index contributed by atoms with van der Waals surface area (Å²) in [6.07, 6.45) is 2.21. The van der Waals surface area contributed by atoms with Gasteiger partial charge in [0.15, 0.2) is 0 Å². The van der Waals surface area contributed by atoms with E-state index in [2.05, 4.69) is 21.2 Å². The lowest BCUT2D eigenvalue weighted by Gasteiger charge is -2.26. The van der Waals surface area contributed by atoms with Gasteiger partial charge in [-0.2, -0.15) is 0 Å². The number of hydrogen-bond donors (Lipinski definition) is 2. The van der Waals surface area contributed by atoms with E-state index >= 15 is 0 Å². The molecule has 0 bridgehead atoms. The number of amides is 1. The van der Waals surface area contributed by atoms with Crippen molar-refractivity contribution in [2.24, 2.45) is 11.8 Å². The van der Waals surface area contributed by atoms with E-state index in [4.69, 9.17) is 11.6 Å². The molecule has 1 aromatic carbocycles. The maximum absolute atomic E-state index is 12.4. The molecule has 0 fully saturated rings. The Bertz CT molecular complexity index is 615. The van der Waals surface area contributed by atoms with Crippen molar-refractivity contribution >= 4 is 45.1 Å². The number of carbonyl (C=O) groups excluding carboxylic acids is 1. The molecule has 21 heavy (non-hydrogen) atoms. The number of anilines is 1. The van der Waals surface area contributed by atoms with Gasteiger partial charge in [-0.15, -0.1) is 0 Å². The highest BCUT2D eigenvalue weighted by atomic mass is 79.9. The van der Waals surface area contributed by atoms with Crippen LogP contribution in [0.5, 0.6) is 0 Å². The molecule has 0 saturated heterocycles. The molecule has 0 heterocycles. The molecule has 2 atom stereocenters. The van der Waals surface area contributed by atoms with Crippen LogP contribution in [0.15, 0.2) is 33.8 Å². The Labute approximate surface area is 136 Å². The smallest absolute Gasteiger partial charge is 0.307 e. The monoisotopic (exact) mass is 371 g/mol. The lowest BCUT2D eigenvalue weighted by atomic mass is 9.82. The zero-order valence-electron chi connectivity index (χ0n) is 11.4. The van der Waals surface area contributed by atoms with Crippen LogP contribution in [-0.2, 0) is 9.59 Å². The Morgan fingerprint density at radius 3 is 2.71 bits per heavy atom. The maximum atomic E-state index is 12.4. The molecule has 1 aliphatic carbocycles. The van der Waals surface area contributed by atoms with E-state index in [1.54, 1.807) is 12.1 Å². The van der Waals surface area contributed by atoms with Crippen LogP contribution in [0.4, 0.5) is 5.69 Å². The average Bonchev–Trinajstić information content (AvgIpc) is 2.41. The van der Waals surface area contributed by atoms with Gasteiger partial charge in [0.25, 0.3) is 0 Å². The van der Waals surface area contributed by atoms with Gasteiger partial charge in [0.1, 0.15) is 0 Å². The van der Waals surface area contributed by atoms with Gasteiger partial charge in [0.2, 0.25) is 5.91 Å². The average molecular weight is 373 g/mol. The molecule has 4 nitrogen and oxygen atoms in total. The van der Waals surface area contributed by atoms with Crippen molar-refractivity contribution in [1.29, 1.82) is 0 Å². The quantitative estimate of drug-likeness (QED) is 0.845. The van der Waals surface area contributed by atoms with Crippen molar-refractivity contribution in [3.8, 4) is 0 Å². The SMILES string of the molecule is Cc1ccc(NC(=O)[C@@H]2CC(Cl)=CC[C@@H]2C(=O)O)c(Br)c1. The molecule has 0 radical (unpaired) electrons. The van der Waals surface area contributed by atoms with Gasteiger partial charge in [0, 0.05) is 9.51 Å². The summed E-state index contributed by atoms with van der Waals surface area (Å²) in [4.78, 5) is 23.7.